The Labute approximate surface area is 121 Å². The van der Waals surface area contributed by atoms with Crippen LogP contribution in [0.25, 0.3) is 0 Å². The van der Waals surface area contributed by atoms with Gasteiger partial charge in [-0.15, -0.1) is 0 Å². The Balaban J connectivity index is 2.31. The van der Waals surface area contributed by atoms with Gasteiger partial charge in [0.1, 0.15) is 11.6 Å². The van der Waals surface area contributed by atoms with Crippen LogP contribution in [-0.4, -0.2) is 11.5 Å². The second-order valence-corrected chi connectivity index (χ2v) is 4.78. The second-order valence-electron chi connectivity index (χ2n) is 4.40. The maximum atomic E-state index is 13.8. The predicted octanol–water partition coefficient (Wildman–Crippen LogP) is 3.91. The van der Waals surface area contributed by atoms with E-state index in [-0.39, 0.29) is 16.9 Å². The van der Waals surface area contributed by atoms with E-state index in [1.54, 1.807) is 12.1 Å². The fourth-order valence-electron chi connectivity index (χ4n) is 2.09. The van der Waals surface area contributed by atoms with Crippen molar-refractivity contribution in [1.29, 1.82) is 0 Å². The van der Waals surface area contributed by atoms with E-state index in [4.69, 9.17) is 11.6 Å². The third-order valence-corrected chi connectivity index (χ3v) is 3.45. The summed E-state index contributed by atoms with van der Waals surface area (Å²) in [5.41, 5.74) is 0.942. The van der Waals surface area contributed by atoms with Crippen LogP contribution in [0.1, 0.15) is 24.2 Å². The Morgan fingerprint density at radius 3 is 2.65 bits per heavy atom. The van der Waals surface area contributed by atoms with Crippen LogP contribution in [0.4, 0.5) is 8.78 Å². The minimum Gasteiger partial charge on any atom is -0.309 e. The van der Waals surface area contributed by atoms with Gasteiger partial charge in [0, 0.05) is 6.20 Å². The molecule has 0 aliphatic carbocycles. The van der Waals surface area contributed by atoms with E-state index in [0.29, 0.717) is 24.2 Å². The molecule has 0 aliphatic rings. The molecule has 0 fully saturated rings. The number of rotatable bonds is 5. The maximum absolute atomic E-state index is 13.8. The van der Waals surface area contributed by atoms with Crippen molar-refractivity contribution in [2.24, 2.45) is 0 Å². The molecule has 1 N–H and O–H groups in total. The molecule has 2 aromatic rings. The number of hydrogen-bond acceptors (Lipinski definition) is 2. The van der Waals surface area contributed by atoms with Crippen LogP contribution in [0.5, 0.6) is 0 Å². The summed E-state index contributed by atoms with van der Waals surface area (Å²) in [5.74, 6) is -0.855. The van der Waals surface area contributed by atoms with Crippen LogP contribution in [0.3, 0.4) is 0 Å². The van der Waals surface area contributed by atoms with Crippen LogP contribution in [-0.2, 0) is 6.42 Å². The first-order chi connectivity index (χ1) is 9.63. The molecule has 1 aromatic heterocycles. The van der Waals surface area contributed by atoms with Gasteiger partial charge in [0.25, 0.3) is 0 Å². The third kappa shape index (κ3) is 3.32. The molecule has 106 valence electrons. The predicted molar refractivity (Wildman–Crippen MR) is 75.7 cm³/mol. The van der Waals surface area contributed by atoms with E-state index in [0.717, 1.165) is 0 Å². The molecule has 20 heavy (non-hydrogen) atoms. The van der Waals surface area contributed by atoms with Crippen molar-refractivity contribution in [3.8, 4) is 0 Å². The largest absolute Gasteiger partial charge is 0.309 e. The maximum Gasteiger partial charge on any atom is 0.146 e. The Hall–Kier alpha value is -1.52. The molecule has 1 heterocycles. The highest BCUT2D eigenvalue weighted by molar-refractivity contribution is 6.31. The van der Waals surface area contributed by atoms with E-state index in [1.165, 1.54) is 24.4 Å². The van der Waals surface area contributed by atoms with Gasteiger partial charge in [0.05, 0.1) is 16.8 Å². The highest BCUT2D eigenvalue weighted by atomic mass is 35.5. The molecule has 1 aromatic carbocycles. The molecule has 2 rings (SSSR count). The van der Waals surface area contributed by atoms with Crippen LogP contribution < -0.4 is 5.32 Å². The fourth-order valence-corrected chi connectivity index (χ4v) is 2.30. The van der Waals surface area contributed by atoms with Crippen molar-refractivity contribution in [1.82, 2.24) is 10.3 Å². The van der Waals surface area contributed by atoms with Gasteiger partial charge in [-0.1, -0.05) is 30.7 Å². The van der Waals surface area contributed by atoms with Gasteiger partial charge in [-0.2, -0.15) is 0 Å². The normalized spacial score (nSPS) is 12.4. The summed E-state index contributed by atoms with van der Waals surface area (Å²) >= 11 is 5.95. The molecule has 0 aliphatic heterocycles. The first kappa shape index (κ1) is 14.9. The zero-order chi connectivity index (χ0) is 14.5. The lowest BCUT2D eigenvalue weighted by molar-refractivity contribution is 0.493. The summed E-state index contributed by atoms with van der Waals surface area (Å²) in [6, 6.07) is 7.18. The average molecular weight is 297 g/mol. The molecule has 5 heteroatoms. The minimum absolute atomic E-state index is 0.0757. The number of halogens is 3. The summed E-state index contributed by atoms with van der Waals surface area (Å²) < 4.78 is 27.3. The van der Waals surface area contributed by atoms with E-state index >= 15 is 0 Å². The smallest absolute Gasteiger partial charge is 0.146 e. The monoisotopic (exact) mass is 296 g/mol. The van der Waals surface area contributed by atoms with E-state index in [9.17, 15) is 8.78 Å². The second kappa shape index (κ2) is 6.77. The van der Waals surface area contributed by atoms with Gasteiger partial charge in [0.15, 0.2) is 0 Å². The standard InChI is InChI=1S/C15H15ClF2N2/c1-2-19-13(15-12(18)7-4-8-20-15)9-10-5-3-6-11(17)14(10)16/h3-8,13,19H,2,9H2,1H3. The first-order valence-corrected chi connectivity index (χ1v) is 6.78. The van der Waals surface area contributed by atoms with Gasteiger partial charge < -0.3 is 5.32 Å². The van der Waals surface area contributed by atoms with E-state index in [1.807, 2.05) is 6.92 Å². The lowest BCUT2D eigenvalue weighted by Crippen LogP contribution is -2.25. The lowest BCUT2D eigenvalue weighted by atomic mass is 10.0. The van der Waals surface area contributed by atoms with Crippen molar-refractivity contribution in [2.75, 3.05) is 6.54 Å². The summed E-state index contributed by atoms with van der Waals surface area (Å²) in [6.07, 6.45) is 1.91. The zero-order valence-corrected chi connectivity index (χ0v) is 11.8. The van der Waals surface area contributed by atoms with Crippen molar-refractivity contribution in [2.45, 2.75) is 19.4 Å². The number of hydrogen-bond donors (Lipinski definition) is 1. The Bertz CT molecular complexity index is 590. The highest BCUT2D eigenvalue weighted by Crippen LogP contribution is 2.25. The van der Waals surface area contributed by atoms with Crippen LogP contribution in [0, 0.1) is 11.6 Å². The molecule has 0 saturated carbocycles. The summed E-state index contributed by atoms with van der Waals surface area (Å²) in [6.45, 7) is 2.56. The quantitative estimate of drug-likeness (QED) is 0.905. The first-order valence-electron chi connectivity index (χ1n) is 6.40. The van der Waals surface area contributed by atoms with Crippen LogP contribution in [0.2, 0.25) is 5.02 Å². The number of benzene rings is 1. The fraction of sp³-hybridized carbons (Fsp3) is 0.267. The van der Waals surface area contributed by atoms with Gasteiger partial charge >= 0.3 is 0 Å². The van der Waals surface area contributed by atoms with Gasteiger partial charge in [0.2, 0.25) is 0 Å². The average Bonchev–Trinajstić information content (AvgIpc) is 2.44. The topological polar surface area (TPSA) is 24.9 Å². The Kier molecular flexibility index (Phi) is 5.04. The zero-order valence-electron chi connectivity index (χ0n) is 11.0. The molecule has 2 nitrogen and oxygen atoms in total. The van der Waals surface area contributed by atoms with Crippen molar-refractivity contribution in [3.05, 3.63) is 64.4 Å². The molecular formula is C15H15ClF2N2. The molecule has 1 atom stereocenters. The molecule has 0 bridgehead atoms. The van der Waals surface area contributed by atoms with E-state index in [2.05, 4.69) is 10.3 Å². The lowest BCUT2D eigenvalue weighted by Gasteiger charge is -2.18. The number of nitrogens with zero attached hydrogens (tertiary/aromatic N) is 1. The molecule has 0 amide bonds. The molecule has 0 spiro atoms. The molecule has 0 saturated heterocycles. The van der Waals surface area contributed by atoms with Crippen molar-refractivity contribution in [3.63, 3.8) is 0 Å². The van der Waals surface area contributed by atoms with Gasteiger partial charge in [-0.3, -0.25) is 4.98 Å². The van der Waals surface area contributed by atoms with Crippen LogP contribution >= 0.6 is 11.6 Å². The SMILES string of the molecule is CCNC(Cc1cccc(F)c1Cl)c1ncccc1F. The number of likely N-dealkylation sites (N-methyl/N-ethyl adjacent to an activating group) is 1. The summed E-state index contributed by atoms with van der Waals surface area (Å²) in [7, 11) is 0. The molecular weight excluding hydrogens is 282 g/mol. The minimum atomic E-state index is -0.471. The summed E-state index contributed by atoms with van der Waals surface area (Å²) in [5, 5.41) is 3.23. The summed E-state index contributed by atoms with van der Waals surface area (Å²) in [4.78, 5) is 4.07. The van der Waals surface area contributed by atoms with Crippen molar-refractivity contribution < 1.29 is 8.78 Å². The number of aromatic nitrogens is 1. The third-order valence-electron chi connectivity index (χ3n) is 3.02. The Morgan fingerprint density at radius 1 is 1.20 bits per heavy atom. The Morgan fingerprint density at radius 2 is 1.95 bits per heavy atom. The number of pyridine rings is 1. The van der Waals surface area contributed by atoms with Gasteiger partial charge in [-0.05, 0) is 36.7 Å². The highest BCUT2D eigenvalue weighted by Gasteiger charge is 2.18. The van der Waals surface area contributed by atoms with Crippen molar-refractivity contribution >= 4 is 11.6 Å². The number of nitrogens with one attached hydrogen (secondary N) is 1. The van der Waals surface area contributed by atoms with E-state index < -0.39 is 5.82 Å². The molecule has 0 radical (unpaired) electrons. The van der Waals surface area contributed by atoms with Crippen LogP contribution in [0.15, 0.2) is 36.5 Å². The molecule has 1 unspecified atom stereocenters. The van der Waals surface area contributed by atoms with Gasteiger partial charge in [-0.25, -0.2) is 8.78 Å².